The first kappa shape index (κ1) is 12.7. The molecule has 0 atom stereocenters. The summed E-state index contributed by atoms with van der Waals surface area (Å²) in [5, 5.41) is 0. The molecule has 2 rings (SSSR count). The summed E-state index contributed by atoms with van der Waals surface area (Å²) in [4.78, 5) is 0. The van der Waals surface area contributed by atoms with E-state index in [2.05, 4.69) is 37.3 Å². The van der Waals surface area contributed by atoms with Crippen molar-refractivity contribution in [2.24, 2.45) is 0 Å². The van der Waals surface area contributed by atoms with Gasteiger partial charge >= 0.3 is 0 Å². The predicted molar refractivity (Wildman–Crippen MR) is 62.1 cm³/mol. The summed E-state index contributed by atoms with van der Waals surface area (Å²) in [6.07, 6.45) is 17.6. The van der Waals surface area contributed by atoms with Gasteiger partial charge in [0.1, 0.15) is 0 Å². The zero-order chi connectivity index (χ0) is 9.80. The number of allylic oxidation sites excluding steroid dienone is 8. The molecule has 15 heavy (non-hydrogen) atoms. The summed E-state index contributed by atoms with van der Waals surface area (Å²) < 4.78 is 0. The minimum Gasteiger partial charge on any atom is -0.0882 e. The molecule has 0 bridgehead atoms. The second kappa shape index (κ2) is 6.25. The Morgan fingerprint density at radius 3 is 2.53 bits per heavy atom. The minimum absolute atomic E-state index is 0. The Hall–Kier alpha value is -0.391. The van der Waals surface area contributed by atoms with E-state index in [4.69, 9.17) is 0 Å². The molecule has 0 saturated heterocycles. The summed E-state index contributed by atoms with van der Waals surface area (Å²) in [6, 6.07) is 0. The van der Waals surface area contributed by atoms with Crippen LogP contribution in [-0.4, -0.2) is 0 Å². The molecule has 1 heteroatoms. The largest absolute Gasteiger partial charge is 0.0882 e. The molecule has 0 aromatic heterocycles. The van der Waals surface area contributed by atoms with E-state index >= 15 is 0 Å². The Morgan fingerprint density at radius 2 is 1.80 bits per heavy atom. The molecular formula is C14H18Ir. The topological polar surface area (TPSA) is 0 Å². The SMILES string of the molecule is CC1=C(/C2=C/CC/C=C\CC2)CC=C1.[Ir]. The molecule has 0 spiro atoms. The number of rotatable bonds is 1. The summed E-state index contributed by atoms with van der Waals surface area (Å²) >= 11 is 0. The molecule has 0 N–H and O–H groups in total. The van der Waals surface area contributed by atoms with E-state index in [9.17, 15) is 0 Å². The van der Waals surface area contributed by atoms with Crippen LogP contribution in [0.15, 0.2) is 47.1 Å². The van der Waals surface area contributed by atoms with Gasteiger partial charge in [0.05, 0.1) is 0 Å². The van der Waals surface area contributed by atoms with E-state index in [1.54, 1.807) is 11.1 Å². The van der Waals surface area contributed by atoms with Crippen molar-refractivity contribution in [2.45, 2.75) is 39.0 Å². The Balaban J connectivity index is 0.00000112. The van der Waals surface area contributed by atoms with E-state index in [0.717, 1.165) is 6.42 Å². The van der Waals surface area contributed by atoms with Crippen molar-refractivity contribution in [3.63, 3.8) is 0 Å². The summed E-state index contributed by atoms with van der Waals surface area (Å²) in [6.45, 7) is 2.23. The number of hydrogen-bond donors (Lipinski definition) is 0. The molecular weight excluding hydrogens is 360 g/mol. The maximum atomic E-state index is 2.44. The summed E-state index contributed by atoms with van der Waals surface area (Å²) in [5.74, 6) is 0. The van der Waals surface area contributed by atoms with Crippen molar-refractivity contribution in [3.8, 4) is 0 Å². The van der Waals surface area contributed by atoms with Crippen LogP contribution in [0.5, 0.6) is 0 Å². The first-order valence-electron chi connectivity index (χ1n) is 5.58. The van der Waals surface area contributed by atoms with Crippen LogP contribution in [0.2, 0.25) is 0 Å². The molecule has 0 amide bonds. The molecule has 0 unspecified atom stereocenters. The summed E-state index contributed by atoms with van der Waals surface area (Å²) in [5.41, 5.74) is 4.65. The minimum atomic E-state index is 0. The Bertz CT molecular complexity index is 329. The smallest absolute Gasteiger partial charge is 0 e. The third kappa shape index (κ3) is 3.29. The monoisotopic (exact) mass is 379 g/mol. The van der Waals surface area contributed by atoms with Crippen LogP contribution in [0.3, 0.4) is 0 Å². The third-order valence-corrected chi connectivity index (χ3v) is 3.02. The average Bonchev–Trinajstić information content (AvgIpc) is 2.51. The average molecular weight is 379 g/mol. The van der Waals surface area contributed by atoms with Crippen molar-refractivity contribution in [2.75, 3.05) is 0 Å². The van der Waals surface area contributed by atoms with Crippen LogP contribution in [-0.2, 0) is 20.1 Å². The quantitative estimate of drug-likeness (QED) is 0.596. The molecule has 0 nitrogen and oxygen atoms in total. The second-order valence-corrected chi connectivity index (χ2v) is 4.08. The van der Waals surface area contributed by atoms with Gasteiger partial charge in [-0.05, 0) is 55.7 Å². The Kier molecular flexibility index (Phi) is 5.28. The van der Waals surface area contributed by atoms with Crippen LogP contribution >= 0.6 is 0 Å². The normalized spacial score (nSPS) is 26.3. The Labute approximate surface area is 106 Å². The van der Waals surface area contributed by atoms with Crippen LogP contribution in [0.25, 0.3) is 0 Å². The molecule has 1 radical (unpaired) electrons. The maximum Gasteiger partial charge on any atom is 0 e. The molecule has 0 heterocycles. The van der Waals surface area contributed by atoms with E-state index < -0.39 is 0 Å². The van der Waals surface area contributed by atoms with Crippen molar-refractivity contribution < 1.29 is 20.1 Å². The van der Waals surface area contributed by atoms with Gasteiger partial charge in [-0.2, -0.15) is 0 Å². The second-order valence-electron chi connectivity index (χ2n) is 4.08. The third-order valence-electron chi connectivity index (χ3n) is 3.02. The fourth-order valence-corrected chi connectivity index (χ4v) is 2.20. The van der Waals surface area contributed by atoms with Crippen LogP contribution < -0.4 is 0 Å². The van der Waals surface area contributed by atoms with Crippen molar-refractivity contribution in [3.05, 3.63) is 47.1 Å². The van der Waals surface area contributed by atoms with Gasteiger partial charge in [-0.1, -0.05) is 30.4 Å². The van der Waals surface area contributed by atoms with Gasteiger partial charge in [0.2, 0.25) is 0 Å². The fourth-order valence-electron chi connectivity index (χ4n) is 2.20. The first-order chi connectivity index (χ1) is 6.88. The van der Waals surface area contributed by atoms with Crippen molar-refractivity contribution in [1.29, 1.82) is 0 Å². The molecule has 2 aliphatic rings. The van der Waals surface area contributed by atoms with Gasteiger partial charge in [-0.15, -0.1) is 0 Å². The molecule has 0 saturated carbocycles. The molecule has 0 aromatic carbocycles. The zero-order valence-electron chi connectivity index (χ0n) is 9.26. The molecule has 83 valence electrons. The standard InChI is InChI=1S/C14H18.Ir/c1-12-8-7-11-14(12)13-9-5-3-2-4-6-10-13;/h2-3,7-8,10H,4-6,9,11H2,1H3;/b3-2-,13-10+;. The molecule has 2 aliphatic carbocycles. The Morgan fingerprint density at radius 1 is 1.00 bits per heavy atom. The van der Waals surface area contributed by atoms with Gasteiger partial charge in [-0.3, -0.25) is 0 Å². The molecule has 0 aromatic rings. The number of hydrogen-bond acceptors (Lipinski definition) is 0. The van der Waals surface area contributed by atoms with Gasteiger partial charge in [0, 0.05) is 20.1 Å². The zero-order valence-corrected chi connectivity index (χ0v) is 11.7. The van der Waals surface area contributed by atoms with Gasteiger partial charge in [0.15, 0.2) is 0 Å². The van der Waals surface area contributed by atoms with E-state index in [0.29, 0.717) is 0 Å². The van der Waals surface area contributed by atoms with E-state index in [-0.39, 0.29) is 20.1 Å². The predicted octanol–water partition coefficient (Wildman–Crippen LogP) is 4.32. The maximum absolute atomic E-state index is 2.44. The van der Waals surface area contributed by atoms with Gasteiger partial charge in [-0.25, -0.2) is 0 Å². The van der Waals surface area contributed by atoms with Crippen LogP contribution in [0, 0.1) is 0 Å². The van der Waals surface area contributed by atoms with Gasteiger partial charge in [0.25, 0.3) is 0 Å². The first-order valence-corrected chi connectivity index (χ1v) is 5.58. The van der Waals surface area contributed by atoms with E-state index in [1.165, 1.54) is 31.3 Å². The van der Waals surface area contributed by atoms with E-state index in [1.807, 2.05) is 0 Å². The van der Waals surface area contributed by atoms with Gasteiger partial charge < -0.3 is 0 Å². The molecule has 0 aliphatic heterocycles. The summed E-state index contributed by atoms with van der Waals surface area (Å²) in [7, 11) is 0. The van der Waals surface area contributed by atoms with Crippen molar-refractivity contribution >= 4 is 0 Å². The van der Waals surface area contributed by atoms with Crippen molar-refractivity contribution in [1.82, 2.24) is 0 Å². The van der Waals surface area contributed by atoms with Crippen LogP contribution in [0.4, 0.5) is 0 Å². The van der Waals surface area contributed by atoms with Crippen LogP contribution in [0.1, 0.15) is 39.0 Å². The fraction of sp³-hybridized carbons (Fsp3) is 0.429. The molecule has 0 fully saturated rings.